The lowest BCUT2D eigenvalue weighted by molar-refractivity contribution is 0.0582. The summed E-state index contributed by atoms with van der Waals surface area (Å²) in [6, 6.07) is 10.5. The van der Waals surface area contributed by atoms with Gasteiger partial charge in [0.25, 0.3) is 0 Å². The van der Waals surface area contributed by atoms with Gasteiger partial charge in [0, 0.05) is 48.2 Å². The maximum Gasteiger partial charge on any atom is 0.192 e. The van der Waals surface area contributed by atoms with Crippen molar-refractivity contribution in [1.82, 2.24) is 24.6 Å². The summed E-state index contributed by atoms with van der Waals surface area (Å²) in [5.74, 6) is 3.49. The van der Waals surface area contributed by atoms with Crippen LogP contribution in [0.25, 0.3) is 10.5 Å². The van der Waals surface area contributed by atoms with E-state index in [1.165, 1.54) is 24.1 Å². The number of rotatable bonds is 3. The van der Waals surface area contributed by atoms with E-state index in [2.05, 4.69) is 41.4 Å². The third kappa shape index (κ3) is 3.16. The topological polar surface area (TPSA) is 54.4 Å². The standard InChI is InChI=1S/C25H24ClN7/c1-27-19-6-7-28-22(9-19)32-14-25(15-32)10-17(11-25)24-30-29-23-13-31(20-3-4-20)12-16-8-18(26)2-5-21(16)33(23)24/h2,5-9,17,20H,3-4,10-15H2. The molecule has 33 heavy (non-hydrogen) atoms. The molecule has 0 radical (unpaired) electrons. The third-order valence-corrected chi connectivity index (χ3v) is 8.01. The van der Waals surface area contributed by atoms with E-state index < -0.39 is 0 Å². The number of fused-ring (bicyclic) bond motifs is 3. The molecule has 7 nitrogen and oxygen atoms in total. The molecule has 0 N–H and O–H groups in total. The van der Waals surface area contributed by atoms with Crippen LogP contribution in [-0.2, 0) is 13.1 Å². The first kappa shape index (κ1) is 19.5. The number of hydrogen-bond donors (Lipinski definition) is 0. The van der Waals surface area contributed by atoms with E-state index in [-0.39, 0.29) is 0 Å². The molecule has 1 spiro atoms. The van der Waals surface area contributed by atoms with Crippen LogP contribution in [-0.4, -0.2) is 43.8 Å². The summed E-state index contributed by atoms with van der Waals surface area (Å²) in [6.45, 7) is 11.0. The molecule has 166 valence electrons. The number of aromatic nitrogens is 4. The van der Waals surface area contributed by atoms with Crippen LogP contribution in [0, 0.1) is 12.0 Å². The Morgan fingerprint density at radius 2 is 1.91 bits per heavy atom. The predicted molar refractivity (Wildman–Crippen MR) is 126 cm³/mol. The molecule has 4 aliphatic rings. The molecule has 3 aromatic rings. The van der Waals surface area contributed by atoms with Crippen molar-refractivity contribution in [2.45, 2.75) is 50.7 Å². The number of hydrogen-bond acceptors (Lipinski definition) is 5. The summed E-state index contributed by atoms with van der Waals surface area (Å²) in [6.07, 6.45) is 6.52. The Bertz CT molecular complexity index is 1290. The van der Waals surface area contributed by atoms with Gasteiger partial charge in [0.15, 0.2) is 11.5 Å². The minimum absolute atomic E-state index is 0.334. The first-order chi connectivity index (χ1) is 16.1. The quantitative estimate of drug-likeness (QED) is 0.532. The second-order valence-electron chi connectivity index (χ2n) is 10.2. The van der Waals surface area contributed by atoms with Crippen molar-refractivity contribution in [3.8, 4) is 5.69 Å². The fourth-order valence-corrected chi connectivity index (χ4v) is 6.21. The van der Waals surface area contributed by atoms with Crippen LogP contribution >= 0.6 is 11.6 Å². The lowest BCUT2D eigenvalue weighted by atomic mass is 9.57. The lowest BCUT2D eigenvalue weighted by Crippen LogP contribution is -2.62. The summed E-state index contributed by atoms with van der Waals surface area (Å²) in [5, 5.41) is 10.2. The Kier molecular flexibility index (Phi) is 4.15. The molecular weight excluding hydrogens is 434 g/mol. The Morgan fingerprint density at radius 3 is 2.70 bits per heavy atom. The first-order valence-electron chi connectivity index (χ1n) is 11.7. The second-order valence-corrected chi connectivity index (χ2v) is 10.6. The van der Waals surface area contributed by atoms with Gasteiger partial charge in [-0.2, -0.15) is 0 Å². The minimum Gasteiger partial charge on any atom is -0.356 e. The lowest BCUT2D eigenvalue weighted by Gasteiger charge is -2.59. The van der Waals surface area contributed by atoms with Gasteiger partial charge in [-0.05, 0) is 61.6 Å². The number of anilines is 1. The van der Waals surface area contributed by atoms with E-state index in [1.54, 1.807) is 12.3 Å². The number of halogens is 1. The SMILES string of the molecule is [C-]#[N+]c1ccnc(N2CC3(CC(c4nnc5n4-c4ccc(Cl)cc4CN(C4CC4)C5)C3)C2)c1. The molecule has 7 rings (SSSR count). The summed E-state index contributed by atoms with van der Waals surface area (Å²) in [7, 11) is 0. The van der Waals surface area contributed by atoms with Crippen LogP contribution in [0.1, 0.15) is 48.8 Å². The maximum atomic E-state index is 7.24. The smallest absolute Gasteiger partial charge is 0.192 e. The van der Waals surface area contributed by atoms with Gasteiger partial charge in [0.2, 0.25) is 0 Å². The summed E-state index contributed by atoms with van der Waals surface area (Å²) in [5.41, 5.74) is 3.44. The average Bonchev–Trinajstić information content (AvgIpc) is 3.55. The first-order valence-corrected chi connectivity index (χ1v) is 12.0. The molecule has 2 saturated carbocycles. The van der Waals surface area contributed by atoms with E-state index in [1.807, 2.05) is 12.1 Å². The van der Waals surface area contributed by atoms with Gasteiger partial charge in [0.05, 0.1) is 18.8 Å². The van der Waals surface area contributed by atoms with Gasteiger partial charge in [-0.15, -0.1) is 10.2 Å². The maximum absolute atomic E-state index is 7.24. The molecule has 8 heteroatoms. The molecule has 3 fully saturated rings. The summed E-state index contributed by atoms with van der Waals surface area (Å²) in [4.78, 5) is 12.8. The van der Waals surface area contributed by atoms with Crippen LogP contribution in [0.3, 0.4) is 0 Å². The highest BCUT2D eigenvalue weighted by molar-refractivity contribution is 6.30. The number of benzene rings is 1. The average molecular weight is 458 g/mol. The molecule has 2 aliphatic heterocycles. The predicted octanol–water partition coefficient (Wildman–Crippen LogP) is 4.73. The largest absolute Gasteiger partial charge is 0.356 e. The molecule has 0 bridgehead atoms. The Morgan fingerprint density at radius 1 is 1.06 bits per heavy atom. The minimum atomic E-state index is 0.334. The Hall–Kier alpha value is -2.95. The van der Waals surface area contributed by atoms with Gasteiger partial charge < -0.3 is 4.90 Å². The summed E-state index contributed by atoms with van der Waals surface area (Å²) < 4.78 is 2.32. The van der Waals surface area contributed by atoms with Gasteiger partial charge >= 0.3 is 0 Å². The van der Waals surface area contributed by atoms with E-state index in [4.69, 9.17) is 23.3 Å². The van der Waals surface area contributed by atoms with E-state index in [9.17, 15) is 0 Å². The zero-order valence-electron chi connectivity index (χ0n) is 18.3. The van der Waals surface area contributed by atoms with Crippen molar-refractivity contribution in [1.29, 1.82) is 0 Å². The molecule has 2 aromatic heterocycles. The van der Waals surface area contributed by atoms with E-state index >= 15 is 0 Å². The highest BCUT2D eigenvalue weighted by Crippen LogP contribution is 2.56. The van der Waals surface area contributed by atoms with Crippen LogP contribution in [0.2, 0.25) is 5.02 Å². The van der Waals surface area contributed by atoms with Crippen molar-refractivity contribution < 1.29 is 0 Å². The molecule has 1 saturated heterocycles. The molecular formula is C25H24ClN7. The van der Waals surface area contributed by atoms with E-state index in [0.717, 1.165) is 61.5 Å². The van der Waals surface area contributed by atoms with Crippen LogP contribution in [0.4, 0.5) is 11.5 Å². The van der Waals surface area contributed by atoms with Crippen molar-refractivity contribution in [3.63, 3.8) is 0 Å². The molecule has 0 unspecified atom stereocenters. The summed E-state index contributed by atoms with van der Waals surface area (Å²) >= 11 is 6.38. The van der Waals surface area contributed by atoms with Crippen LogP contribution in [0.15, 0.2) is 36.5 Å². The third-order valence-electron chi connectivity index (χ3n) is 7.78. The highest BCUT2D eigenvalue weighted by atomic mass is 35.5. The van der Waals surface area contributed by atoms with Crippen molar-refractivity contribution in [2.24, 2.45) is 5.41 Å². The number of pyridine rings is 1. The van der Waals surface area contributed by atoms with Gasteiger partial charge in [-0.1, -0.05) is 11.6 Å². The van der Waals surface area contributed by atoms with Crippen molar-refractivity contribution in [3.05, 3.63) is 70.2 Å². The fourth-order valence-electron chi connectivity index (χ4n) is 6.01. The zero-order valence-corrected chi connectivity index (χ0v) is 19.0. The highest BCUT2D eigenvalue weighted by Gasteiger charge is 2.54. The van der Waals surface area contributed by atoms with Gasteiger partial charge in [-0.25, -0.2) is 9.83 Å². The van der Waals surface area contributed by atoms with Gasteiger partial charge in [-0.3, -0.25) is 9.47 Å². The zero-order chi connectivity index (χ0) is 22.2. The van der Waals surface area contributed by atoms with Gasteiger partial charge in [0.1, 0.15) is 11.6 Å². The monoisotopic (exact) mass is 457 g/mol. The number of nitrogens with zero attached hydrogens (tertiary/aromatic N) is 7. The Balaban J connectivity index is 1.13. The fraction of sp³-hybridized carbons (Fsp3) is 0.440. The molecule has 0 amide bonds. The van der Waals surface area contributed by atoms with E-state index in [0.29, 0.717) is 23.1 Å². The van der Waals surface area contributed by atoms with Crippen LogP contribution in [0.5, 0.6) is 0 Å². The van der Waals surface area contributed by atoms with Crippen molar-refractivity contribution >= 4 is 23.1 Å². The molecule has 2 aliphatic carbocycles. The molecule has 1 aromatic carbocycles. The second kappa shape index (κ2) is 7.02. The molecule has 4 heterocycles. The molecule has 0 atom stereocenters. The normalized spacial score (nSPS) is 21.5. The Labute approximate surface area is 197 Å². The van der Waals surface area contributed by atoms with Crippen LogP contribution < -0.4 is 4.90 Å². The van der Waals surface area contributed by atoms with Crippen molar-refractivity contribution in [2.75, 3.05) is 18.0 Å².